The lowest BCUT2D eigenvalue weighted by Crippen LogP contribution is -2.61. The lowest BCUT2D eigenvalue weighted by atomic mass is 9.51. The third-order valence-electron chi connectivity index (χ3n) is 6.85. The molecular formula is C18H31NO2. The average Bonchev–Trinajstić information content (AvgIpc) is 2.54. The summed E-state index contributed by atoms with van der Waals surface area (Å²) in [5.74, 6) is 1.01. The minimum atomic E-state index is -0.439. The summed E-state index contributed by atoms with van der Waals surface area (Å²) in [7, 11) is 0. The standard InChI is InChI=1S/C18H31NO2/c1-2-18(21)9-8-17(18)10-12-19(13-11-17)16(20)14-15-6-4-3-5-7-15/h15,21H,2-14H2,1H3. The van der Waals surface area contributed by atoms with Crippen molar-refractivity contribution in [1.82, 2.24) is 4.90 Å². The van der Waals surface area contributed by atoms with Crippen molar-refractivity contribution in [2.24, 2.45) is 11.3 Å². The molecule has 1 spiro atoms. The zero-order chi connectivity index (χ0) is 14.9. The van der Waals surface area contributed by atoms with Gasteiger partial charge in [-0.25, -0.2) is 0 Å². The molecule has 1 N–H and O–H groups in total. The minimum Gasteiger partial charge on any atom is -0.389 e. The van der Waals surface area contributed by atoms with Crippen LogP contribution in [0.1, 0.15) is 77.6 Å². The fourth-order valence-corrected chi connectivity index (χ4v) is 4.99. The predicted octanol–water partition coefficient (Wildman–Crippen LogP) is 3.50. The summed E-state index contributed by atoms with van der Waals surface area (Å²) >= 11 is 0. The Morgan fingerprint density at radius 2 is 1.76 bits per heavy atom. The van der Waals surface area contributed by atoms with Crippen LogP contribution in [-0.4, -0.2) is 34.6 Å². The van der Waals surface area contributed by atoms with E-state index in [2.05, 4.69) is 11.8 Å². The minimum absolute atomic E-state index is 0.128. The molecule has 2 saturated carbocycles. The lowest BCUT2D eigenvalue weighted by molar-refractivity contribution is -0.192. The molecule has 3 aliphatic rings. The molecule has 0 radical (unpaired) electrons. The molecular weight excluding hydrogens is 262 g/mol. The Labute approximate surface area is 129 Å². The van der Waals surface area contributed by atoms with Gasteiger partial charge in [0.05, 0.1) is 5.60 Å². The summed E-state index contributed by atoms with van der Waals surface area (Å²) < 4.78 is 0. The van der Waals surface area contributed by atoms with E-state index in [0.717, 1.165) is 51.6 Å². The molecule has 3 heteroatoms. The highest BCUT2D eigenvalue weighted by Gasteiger charge is 2.57. The highest BCUT2D eigenvalue weighted by atomic mass is 16.3. The molecule has 0 aromatic carbocycles. The molecule has 1 unspecified atom stereocenters. The number of nitrogens with zero attached hydrogens (tertiary/aromatic N) is 1. The summed E-state index contributed by atoms with van der Waals surface area (Å²) in [6.07, 6.45) is 12.2. The molecule has 0 bridgehead atoms. The zero-order valence-corrected chi connectivity index (χ0v) is 13.6. The van der Waals surface area contributed by atoms with Crippen LogP contribution in [0.25, 0.3) is 0 Å². The molecule has 0 aromatic rings. The number of likely N-dealkylation sites (tertiary alicyclic amines) is 1. The second kappa shape index (κ2) is 5.91. The third-order valence-corrected chi connectivity index (χ3v) is 6.85. The van der Waals surface area contributed by atoms with E-state index >= 15 is 0 Å². The number of hydrogen-bond donors (Lipinski definition) is 1. The third kappa shape index (κ3) is 2.74. The van der Waals surface area contributed by atoms with Gasteiger partial charge in [0, 0.05) is 24.9 Å². The summed E-state index contributed by atoms with van der Waals surface area (Å²) in [4.78, 5) is 14.6. The molecule has 1 saturated heterocycles. The maximum absolute atomic E-state index is 12.5. The summed E-state index contributed by atoms with van der Waals surface area (Å²) in [6, 6.07) is 0. The molecule has 3 nitrogen and oxygen atoms in total. The van der Waals surface area contributed by atoms with Crippen molar-refractivity contribution >= 4 is 5.91 Å². The van der Waals surface area contributed by atoms with Crippen LogP contribution >= 0.6 is 0 Å². The van der Waals surface area contributed by atoms with E-state index < -0.39 is 5.60 Å². The van der Waals surface area contributed by atoms with E-state index in [1.807, 2.05) is 0 Å². The van der Waals surface area contributed by atoms with Crippen LogP contribution < -0.4 is 0 Å². The van der Waals surface area contributed by atoms with Gasteiger partial charge in [0.15, 0.2) is 0 Å². The first-order chi connectivity index (χ1) is 10.1. The molecule has 21 heavy (non-hydrogen) atoms. The van der Waals surface area contributed by atoms with Crippen LogP contribution in [0.4, 0.5) is 0 Å². The largest absolute Gasteiger partial charge is 0.389 e. The van der Waals surface area contributed by atoms with Crippen LogP contribution in [0, 0.1) is 11.3 Å². The first-order valence-electron chi connectivity index (χ1n) is 9.09. The monoisotopic (exact) mass is 293 g/mol. The van der Waals surface area contributed by atoms with Gasteiger partial charge < -0.3 is 10.0 Å². The fraction of sp³-hybridized carbons (Fsp3) is 0.944. The summed E-state index contributed by atoms with van der Waals surface area (Å²) in [6.45, 7) is 3.84. The Morgan fingerprint density at radius 1 is 1.10 bits per heavy atom. The predicted molar refractivity (Wildman–Crippen MR) is 83.9 cm³/mol. The molecule has 1 aliphatic heterocycles. The molecule has 3 fully saturated rings. The Morgan fingerprint density at radius 3 is 2.29 bits per heavy atom. The van der Waals surface area contributed by atoms with Crippen molar-refractivity contribution in [3.8, 4) is 0 Å². The van der Waals surface area contributed by atoms with Crippen LogP contribution in [0.5, 0.6) is 0 Å². The fourth-order valence-electron chi connectivity index (χ4n) is 4.99. The first kappa shape index (κ1) is 15.3. The van der Waals surface area contributed by atoms with Gasteiger partial charge in [-0.3, -0.25) is 4.79 Å². The van der Waals surface area contributed by atoms with Crippen LogP contribution in [-0.2, 0) is 4.79 Å². The van der Waals surface area contributed by atoms with Gasteiger partial charge in [-0.05, 0) is 50.9 Å². The number of carbonyl (C=O) groups excluding carboxylic acids is 1. The number of piperidine rings is 1. The normalized spacial score (nSPS) is 33.0. The van der Waals surface area contributed by atoms with Crippen LogP contribution in [0.15, 0.2) is 0 Å². The quantitative estimate of drug-likeness (QED) is 0.865. The molecule has 1 amide bonds. The Kier molecular flexibility index (Phi) is 4.31. The number of aliphatic hydroxyl groups is 1. The van der Waals surface area contributed by atoms with E-state index in [1.165, 1.54) is 32.1 Å². The van der Waals surface area contributed by atoms with Gasteiger partial charge in [0.2, 0.25) is 5.91 Å². The van der Waals surface area contributed by atoms with Gasteiger partial charge in [-0.1, -0.05) is 26.2 Å². The molecule has 2 aliphatic carbocycles. The van der Waals surface area contributed by atoms with Crippen molar-refractivity contribution in [2.45, 2.75) is 83.2 Å². The van der Waals surface area contributed by atoms with E-state index in [-0.39, 0.29) is 5.41 Å². The van der Waals surface area contributed by atoms with E-state index in [9.17, 15) is 9.90 Å². The Bertz CT molecular complexity index is 377. The number of carbonyl (C=O) groups is 1. The molecule has 1 atom stereocenters. The van der Waals surface area contributed by atoms with Gasteiger partial charge in [0.1, 0.15) is 0 Å². The molecule has 3 rings (SSSR count). The molecule has 0 aromatic heterocycles. The number of amides is 1. The first-order valence-corrected chi connectivity index (χ1v) is 9.09. The topological polar surface area (TPSA) is 40.5 Å². The smallest absolute Gasteiger partial charge is 0.222 e. The van der Waals surface area contributed by atoms with Crippen LogP contribution in [0.3, 0.4) is 0 Å². The second-order valence-corrected chi connectivity index (χ2v) is 7.75. The van der Waals surface area contributed by atoms with Crippen molar-refractivity contribution < 1.29 is 9.90 Å². The van der Waals surface area contributed by atoms with Crippen molar-refractivity contribution in [3.05, 3.63) is 0 Å². The van der Waals surface area contributed by atoms with E-state index in [4.69, 9.17) is 0 Å². The van der Waals surface area contributed by atoms with Gasteiger partial charge in [-0.15, -0.1) is 0 Å². The lowest BCUT2D eigenvalue weighted by Gasteiger charge is -2.59. The van der Waals surface area contributed by atoms with Crippen molar-refractivity contribution in [3.63, 3.8) is 0 Å². The number of hydrogen-bond acceptors (Lipinski definition) is 2. The van der Waals surface area contributed by atoms with Crippen molar-refractivity contribution in [2.75, 3.05) is 13.1 Å². The highest BCUT2D eigenvalue weighted by molar-refractivity contribution is 5.76. The Balaban J connectivity index is 1.50. The Hall–Kier alpha value is -0.570. The maximum Gasteiger partial charge on any atom is 0.222 e. The van der Waals surface area contributed by atoms with Gasteiger partial charge >= 0.3 is 0 Å². The highest BCUT2D eigenvalue weighted by Crippen LogP contribution is 2.57. The zero-order valence-electron chi connectivity index (χ0n) is 13.6. The summed E-state index contributed by atoms with van der Waals surface area (Å²) in [5, 5.41) is 10.7. The second-order valence-electron chi connectivity index (χ2n) is 7.75. The van der Waals surface area contributed by atoms with Gasteiger partial charge in [0.25, 0.3) is 0 Å². The van der Waals surface area contributed by atoms with Crippen molar-refractivity contribution in [1.29, 1.82) is 0 Å². The SMILES string of the molecule is CCC1(O)CCC12CCN(C(=O)CC1CCCCC1)CC2. The number of rotatable bonds is 3. The van der Waals surface area contributed by atoms with E-state index in [0.29, 0.717) is 11.8 Å². The summed E-state index contributed by atoms with van der Waals surface area (Å²) in [5.41, 5.74) is -0.311. The average molecular weight is 293 g/mol. The van der Waals surface area contributed by atoms with E-state index in [1.54, 1.807) is 0 Å². The molecule has 120 valence electrons. The van der Waals surface area contributed by atoms with Crippen LogP contribution in [0.2, 0.25) is 0 Å². The molecule has 1 heterocycles. The maximum atomic E-state index is 12.5. The van der Waals surface area contributed by atoms with Gasteiger partial charge in [-0.2, -0.15) is 0 Å².